The average molecular weight is 237 g/mol. The van der Waals surface area contributed by atoms with Crippen molar-refractivity contribution in [2.45, 2.75) is 0 Å². The molecule has 0 saturated carbocycles. The molecular weight excluding hydrogens is 237 g/mol. The molecule has 0 fully saturated rings. The van der Waals surface area contributed by atoms with Gasteiger partial charge in [0.25, 0.3) is 0 Å². The van der Waals surface area contributed by atoms with E-state index >= 15 is 0 Å². The number of hydrogen-bond donors (Lipinski definition) is 0. The van der Waals surface area contributed by atoms with Gasteiger partial charge in [0.2, 0.25) is 5.82 Å². The highest BCUT2D eigenvalue weighted by Crippen LogP contribution is 2.14. The van der Waals surface area contributed by atoms with E-state index < -0.39 is 0 Å². The second-order valence-electron chi connectivity index (χ2n) is 1.07. The number of azide groups is 1. The first-order valence-corrected chi connectivity index (χ1v) is 2.95. The minimum Gasteiger partial charge on any atom is -0.243 e. The summed E-state index contributed by atoms with van der Waals surface area (Å²) in [6.45, 7) is 0. The van der Waals surface area contributed by atoms with E-state index in [9.17, 15) is 0 Å². The molecule has 0 aliphatic heterocycles. The Kier molecular flexibility index (Phi) is 1.85. The number of aromatic nitrogens is 2. The molecule has 0 saturated heterocycles. The van der Waals surface area contributed by atoms with Crippen LogP contribution in [-0.4, -0.2) is 10.3 Å². The van der Waals surface area contributed by atoms with Gasteiger partial charge in [0.1, 0.15) is 0 Å². The summed E-state index contributed by atoms with van der Waals surface area (Å²) in [5.74, 6) is 0.179. The zero-order chi connectivity index (χ0) is 6.69. The van der Waals surface area contributed by atoms with E-state index in [0.29, 0.717) is 3.70 Å². The van der Waals surface area contributed by atoms with Crippen LogP contribution in [0.15, 0.2) is 9.74 Å². The monoisotopic (exact) mass is 237 g/mol. The largest absolute Gasteiger partial charge is 0.243 e. The molecule has 1 heterocycles. The molecule has 0 aliphatic carbocycles. The molecule has 9 heavy (non-hydrogen) atoms. The average Bonchev–Trinajstić information content (AvgIpc) is 2.18. The predicted octanol–water partition coefficient (Wildman–Crippen LogP) is 1.62. The van der Waals surface area contributed by atoms with Gasteiger partial charge < -0.3 is 0 Å². The maximum Gasteiger partial charge on any atom is 0.204 e. The van der Waals surface area contributed by atoms with Crippen LogP contribution >= 0.6 is 22.6 Å². The van der Waals surface area contributed by atoms with Crippen LogP contribution < -0.4 is 0 Å². The van der Waals surface area contributed by atoms with Gasteiger partial charge >= 0.3 is 0 Å². The molecule has 0 unspecified atom stereocenters. The summed E-state index contributed by atoms with van der Waals surface area (Å²) in [7, 11) is 0. The second-order valence-corrected chi connectivity index (χ2v) is 2.09. The Bertz CT molecular complexity index is 249. The summed E-state index contributed by atoms with van der Waals surface area (Å²) in [6, 6.07) is 0. The third kappa shape index (κ3) is 1.30. The lowest BCUT2D eigenvalue weighted by molar-refractivity contribution is 0.305. The number of nitrogens with zero attached hydrogens (tertiary/aromatic N) is 5. The Labute approximate surface area is 63.0 Å². The van der Waals surface area contributed by atoms with E-state index in [-0.39, 0.29) is 5.82 Å². The van der Waals surface area contributed by atoms with Gasteiger partial charge in [-0.05, 0) is 43.5 Å². The van der Waals surface area contributed by atoms with Crippen molar-refractivity contribution in [3.63, 3.8) is 0 Å². The van der Waals surface area contributed by atoms with Crippen molar-refractivity contribution in [2.75, 3.05) is 0 Å². The molecule has 0 bridgehead atoms. The third-order valence-electron chi connectivity index (χ3n) is 0.572. The van der Waals surface area contributed by atoms with Crippen molar-refractivity contribution in [3.05, 3.63) is 14.1 Å². The molecule has 0 spiro atoms. The summed E-state index contributed by atoms with van der Waals surface area (Å²) in [5, 5.41) is 9.83. The molecule has 7 heteroatoms. The summed E-state index contributed by atoms with van der Waals surface area (Å²) in [5.41, 5.74) is 7.91. The first-order chi connectivity index (χ1) is 4.34. The van der Waals surface area contributed by atoms with Crippen LogP contribution in [0, 0.1) is 3.70 Å². The molecule has 0 aliphatic rings. The summed E-state index contributed by atoms with van der Waals surface area (Å²) < 4.78 is 4.69. The Balaban J connectivity index is 3.07. The molecule has 46 valence electrons. The van der Waals surface area contributed by atoms with Crippen molar-refractivity contribution >= 4 is 28.4 Å². The molecule has 0 atom stereocenters. The molecule has 0 radical (unpaired) electrons. The highest BCUT2D eigenvalue weighted by Gasteiger charge is 2.00. The lowest BCUT2D eigenvalue weighted by Crippen LogP contribution is -1.63. The van der Waals surface area contributed by atoms with Crippen LogP contribution in [0.2, 0.25) is 0 Å². The van der Waals surface area contributed by atoms with Gasteiger partial charge in [-0.2, -0.15) is 0 Å². The van der Waals surface area contributed by atoms with Gasteiger partial charge in [-0.25, -0.2) is 4.63 Å². The van der Waals surface area contributed by atoms with Gasteiger partial charge in [0, 0.05) is 4.91 Å². The van der Waals surface area contributed by atoms with Crippen LogP contribution in [-0.2, 0) is 0 Å². The Morgan fingerprint density at radius 2 is 2.44 bits per heavy atom. The lowest BCUT2D eigenvalue weighted by atomic mass is 10.8. The predicted molar refractivity (Wildman–Crippen MR) is 35.8 cm³/mol. The highest BCUT2D eigenvalue weighted by molar-refractivity contribution is 14.1. The number of rotatable bonds is 1. The number of hydrogen-bond acceptors (Lipinski definition) is 4. The fourth-order valence-corrected chi connectivity index (χ4v) is 0.570. The molecule has 1 aromatic rings. The minimum atomic E-state index is 0.179. The van der Waals surface area contributed by atoms with Crippen LogP contribution in [0.25, 0.3) is 10.4 Å². The summed E-state index contributed by atoms with van der Waals surface area (Å²) >= 11 is 1.85. The fraction of sp³-hybridized carbons (Fsp3) is 0. The van der Waals surface area contributed by atoms with Crippen molar-refractivity contribution < 1.29 is 4.63 Å². The van der Waals surface area contributed by atoms with Gasteiger partial charge in [-0.3, -0.25) is 0 Å². The maximum atomic E-state index is 7.91. The molecule has 1 rings (SSSR count). The number of halogens is 1. The van der Waals surface area contributed by atoms with E-state index in [4.69, 9.17) is 5.53 Å². The van der Waals surface area contributed by atoms with E-state index in [0.717, 1.165) is 0 Å². The van der Waals surface area contributed by atoms with Crippen LogP contribution in [0.1, 0.15) is 0 Å². The summed E-state index contributed by atoms with van der Waals surface area (Å²) in [6.07, 6.45) is 0. The molecule has 0 amide bonds. The Morgan fingerprint density at radius 1 is 1.67 bits per heavy atom. The zero-order valence-corrected chi connectivity index (χ0v) is 6.18. The smallest absolute Gasteiger partial charge is 0.204 e. The molecule has 1 aromatic heterocycles. The Hall–Kier alpha value is -0.820. The fourth-order valence-electron chi connectivity index (χ4n) is 0.275. The van der Waals surface area contributed by atoms with E-state index in [1.165, 1.54) is 0 Å². The van der Waals surface area contributed by atoms with Crippen molar-refractivity contribution in [2.24, 2.45) is 5.11 Å². The van der Waals surface area contributed by atoms with E-state index in [1.54, 1.807) is 0 Å². The van der Waals surface area contributed by atoms with Crippen LogP contribution in [0.3, 0.4) is 0 Å². The topological polar surface area (TPSA) is 87.7 Å². The van der Waals surface area contributed by atoms with Gasteiger partial charge in [-0.15, -0.1) is 0 Å². The second kappa shape index (κ2) is 2.65. The van der Waals surface area contributed by atoms with Gasteiger partial charge in [0.05, 0.1) is 0 Å². The molecule has 6 nitrogen and oxygen atoms in total. The van der Waals surface area contributed by atoms with Crippen LogP contribution in [0.4, 0.5) is 5.82 Å². The van der Waals surface area contributed by atoms with E-state index in [1.807, 2.05) is 22.6 Å². The lowest BCUT2D eigenvalue weighted by Gasteiger charge is -1.71. The van der Waals surface area contributed by atoms with Crippen molar-refractivity contribution in [1.29, 1.82) is 0 Å². The molecular formula is C2IN5O. The summed E-state index contributed by atoms with van der Waals surface area (Å²) in [4.78, 5) is 2.50. The molecule has 0 aromatic carbocycles. The van der Waals surface area contributed by atoms with E-state index in [2.05, 4.69) is 25.0 Å². The van der Waals surface area contributed by atoms with Crippen molar-refractivity contribution in [1.82, 2.24) is 10.3 Å². The van der Waals surface area contributed by atoms with Gasteiger partial charge in [-0.1, -0.05) is 0 Å². The first-order valence-electron chi connectivity index (χ1n) is 1.87. The standard InChI is InChI=1S/C2IN5O/c3-1-2(5-8-4)7-9-6-1. The maximum absolute atomic E-state index is 7.91. The van der Waals surface area contributed by atoms with Crippen LogP contribution in [0.5, 0.6) is 0 Å². The normalized spacial score (nSPS) is 8.56. The first kappa shape index (κ1) is 6.30. The minimum absolute atomic E-state index is 0.179. The Morgan fingerprint density at radius 3 is 2.89 bits per heavy atom. The third-order valence-corrected chi connectivity index (χ3v) is 1.25. The molecule has 0 N–H and O–H groups in total. The van der Waals surface area contributed by atoms with Crippen molar-refractivity contribution in [3.8, 4) is 0 Å². The zero-order valence-electron chi connectivity index (χ0n) is 4.02. The highest BCUT2D eigenvalue weighted by atomic mass is 127. The quantitative estimate of drug-likeness (QED) is 0.321. The van der Waals surface area contributed by atoms with Gasteiger partial charge in [0.15, 0.2) is 3.70 Å². The SMILES string of the molecule is [N-]=[N+]=Nc1nonc1I.